The molecule has 3 heteroatoms. The van der Waals surface area contributed by atoms with Crippen LogP contribution in [0.4, 0.5) is 0 Å². The van der Waals surface area contributed by atoms with Crippen LogP contribution in [0.5, 0.6) is 5.75 Å². The Balaban J connectivity index is 2.43. The normalized spacial score (nSPS) is 12.5. The Morgan fingerprint density at radius 3 is 2.33 bits per heavy atom. The second-order valence-corrected chi connectivity index (χ2v) is 5.65. The van der Waals surface area contributed by atoms with Crippen LogP contribution in [0.2, 0.25) is 0 Å². The maximum absolute atomic E-state index is 5.91. The van der Waals surface area contributed by atoms with Gasteiger partial charge in [0.05, 0.1) is 12.1 Å². The van der Waals surface area contributed by atoms with E-state index in [9.17, 15) is 0 Å². The van der Waals surface area contributed by atoms with Crippen molar-refractivity contribution in [2.75, 3.05) is 0 Å². The van der Waals surface area contributed by atoms with Crippen molar-refractivity contribution in [3.8, 4) is 5.75 Å². The van der Waals surface area contributed by atoms with Gasteiger partial charge in [0, 0.05) is 5.56 Å². The van der Waals surface area contributed by atoms with Crippen LogP contribution in [0.15, 0.2) is 42.5 Å². The van der Waals surface area contributed by atoms with E-state index in [1.165, 1.54) is 11.1 Å². The Labute approximate surface area is 127 Å². The van der Waals surface area contributed by atoms with Crippen molar-refractivity contribution in [3.63, 3.8) is 0 Å². The maximum atomic E-state index is 5.91. The van der Waals surface area contributed by atoms with Crippen LogP contribution in [0.3, 0.4) is 0 Å². The van der Waals surface area contributed by atoms with Crippen molar-refractivity contribution < 1.29 is 4.74 Å². The third-order valence-corrected chi connectivity index (χ3v) is 3.62. The highest BCUT2D eigenvalue weighted by Crippen LogP contribution is 2.30. The van der Waals surface area contributed by atoms with E-state index in [2.05, 4.69) is 43.5 Å². The van der Waals surface area contributed by atoms with Gasteiger partial charge in [0.2, 0.25) is 0 Å². The van der Waals surface area contributed by atoms with Gasteiger partial charge in [0.25, 0.3) is 0 Å². The van der Waals surface area contributed by atoms with Gasteiger partial charge >= 0.3 is 0 Å². The van der Waals surface area contributed by atoms with Crippen molar-refractivity contribution in [2.24, 2.45) is 5.84 Å². The molecule has 0 saturated carbocycles. The first-order chi connectivity index (χ1) is 10.0. The molecule has 1 unspecified atom stereocenters. The molecular formula is C18H24N2O. The van der Waals surface area contributed by atoms with Crippen LogP contribution in [0, 0.1) is 13.8 Å². The number of rotatable bonds is 5. The molecule has 1 atom stereocenters. The fraction of sp³-hybridized carbons (Fsp3) is 0.333. The molecular weight excluding hydrogens is 260 g/mol. The minimum Gasteiger partial charge on any atom is -0.491 e. The van der Waals surface area contributed by atoms with Crippen molar-refractivity contribution in [3.05, 3.63) is 64.7 Å². The van der Waals surface area contributed by atoms with E-state index in [-0.39, 0.29) is 12.1 Å². The predicted octanol–water partition coefficient (Wildman–Crippen LogP) is 3.64. The van der Waals surface area contributed by atoms with Crippen LogP contribution in [-0.2, 0) is 0 Å². The highest BCUT2D eigenvalue weighted by Gasteiger charge is 2.17. The van der Waals surface area contributed by atoms with E-state index < -0.39 is 0 Å². The van der Waals surface area contributed by atoms with E-state index in [1.807, 2.05) is 32.0 Å². The molecule has 0 aliphatic rings. The molecule has 112 valence electrons. The average Bonchev–Trinajstić information content (AvgIpc) is 2.44. The number of hydrogen-bond donors (Lipinski definition) is 2. The lowest BCUT2D eigenvalue weighted by Gasteiger charge is -2.22. The van der Waals surface area contributed by atoms with E-state index in [0.29, 0.717) is 0 Å². The summed E-state index contributed by atoms with van der Waals surface area (Å²) in [6.45, 7) is 8.28. The van der Waals surface area contributed by atoms with Crippen molar-refractivity contribution in [1.29, 1.82) is 0 Å². The molecule has 0 amide bonds. The first kappa shape index (κ1) is 15.5. The molecule has 0 aromatic heterocycles. The Bertz CT molecular complexity index is 608. The summed E-state index contributed by atoms with van der Waals surface area (Å²) in [5.41, 5.74) is 7.65. The predicted molar refractivity (Wildman–Crippen MR) is 87.3 cm³/mol. The van der Waals surface area contributed by atoms with Crippen molar-refractivity contribution in [1.82, 2.24) is 5.43 Å². The summed E-state index contributed by atoms with van der Waals surface area (Å²) in [6.07, 6.45) is 0.129. The molecule has 0 heterocycles. The first-order valence-electron chi connectivity index (χ1n) is 7.31. The van der Waals surface area contributed by atoms with Gasteiger partial charge in [0.15, 0.2) is 0 Å². The Hall–Kier alpha value is -1.84. The topological polar surface area (TPSA) is 47.3 Å². The molecule has 2 aromatic rings. The van der Waals surface area contributed by atoms with Crippen LogP contribution in [0.1, 0.15) is 42.1 Å². The average molecular weight is 284 g/mol. The Morgan fingerprint density at radius 2 is 1.71 bits per heavy atom. The van der Waals surface area contributed by atoms with Gasteiger partial charge in [-0.25, -0.2) is 5.43 Å². The lowest BCUT2D eigenvalue weighted by molar-refractivity contribution is 0.238. The molecule has 0 fully saturated rings. The zero-order valence-electron chi connectivity index (χ0n) is 13.2. The summed E-state index contributed by atoms with van der Waals surface area (Å²) in [7, 11) is 0. The summed E-state index contributed by atoms with van der Waals surface area (Å²) in [6, 6.07) is 14.4. The minimum atomic E-state index is -0.0840. The fourth-order valence-electron chi connectivity index (χ4n) is 2.39. The molecule has 0 saturated heterocycles. The van der Waals surface area contributed by atoms with E-state index >= 15 is 0 Å². The number of hydrogen-bond acceptors (Lipinski definition) is 3. The molecule has 0 aliphatic carbocycles. The molecule has 0 bridgehead atoms. The highest BCUT2D eigenvalue weighted by molar-refractivity contribution is 5.43. The summed E-state index contributed by atoms with van der Waals surface area (Å²) >= 11 is 0. The Morgan fingerprint density at radius 1 is 1.00 bits per heavy atom. The Kier molecular flexibility index (Phi) is 4.99. The minimum absolute atomic E-state index is 0.0840. The summed E-state index contributed by atoms with van der Waals surface area (Å²) in [5, 5.41) is 0. The zero-order chi connectivity index (χ0) is 15.4. The lowest BCUT2D eigenvalue weighted by Crippen LogP contribution is -2.29. The zero-order valence-corrected chi connectivity index (χ0v) is 13.2. The number of benzene rings is 2. The van der Waals surface area contributed by atoms with E-state index in [0.717, 1.165) is 16.9 Å². The molecule has 21 heavy (non-hydrogen) atoms. The second-order valence-electron chi connectivity index (χ2n) is 5.65. The number of para-hydroxylation sites is 1. The van der Waals surface area contributed by atoms with E-state index in [4.69, 9.17) is 10.6 Å². The number of nitrogens with two attached hydrogens (primary N) is 1. The maximum Gasteiger partial charge on any atom is 0.124 e. The lowest BCUT2D eigenvalue weighted by atomic mass is 9.95. The van der Waals surface area contributed by atoms with Gasteiger partial charge < -0.3 is 4.74 Å². The summed E-state index contributed by atoms with van der Waals surface area (Å²) < 4.78 is 5.91. The molecule has 0 spiro atoms. The fourth-order valence-corrected chi connectivity index (χ4v) is 2.39. The first-order valence-corrected chi connectivity index (χ1v) is 7.31. The quantitative estimate of drug-likeness (QED) is 0.651. The SMILES string of the molecule is Cc1ccc(C(NN)c2ccccc2OC(C)C)cc1C. The van der Waals surface area contributed by atoms with Gasteiger partial charge in [-0.2, -0.15) is 0 Å². The van der Waals surface area contributed by atoms with Crippen LogP contribution >= 0.6 is 0 Å². The molecule has 2 aromatic carbocycles. The number of ether oxygens (including phenoxy) is 1. The number of nitrogens with one attached hydrogen (secondary N) is 1. The van der Waals surface area contributed by atoms with Gasteiger partial charge in [0.1, 0.15) is 5.75 Å². The van der Waals surface area contributed by atoms with Crippen LogP contribution in [0.25, 0.3) is 0 Å². The van der Waals surface area contributed by atoms with Crippen molar-refractivity contribution in [2.45, 2.75) is 39.8 Å². The third kappa shape index (κ3) is 3.63. The van der Waals surface area contributed by atoms with Gasteiger partial charge in [-0.05, 0) is 50.5 Å². The number of hydrazine groups is 1. The molecule has 0 aliphatic heterocycles. The van der Waals surface area contributed by atoms with Gasteiger partial charge in [-0.15, -0.1) is 0 Å². The second kappa shape index (κ2) is 6.74. The van der Waals surface area contributed by atoms with Crippen LogP contribution in [-0.4, -0.2) is 6.10 Å². The smallest absolute Gasteiger partial charge is 0.124 e. The standard InChI is InChI=1S/C18H24N2O/c1-12(2)21-17-8-6-5-7-16(17)18(20-19)15-10-9-13(3)14(4)11-15/h5-12,18,20H,19H2,1-4H3. The van der Waals surface area contributed by atoms with Gasteiger partial charge in [-0.1, -0.05) is 36.4 Å². The van der Waals surface area contributed by atoms with E-state index in [1.54, 1.807) is 0 Å². The molecule has 3 nitrogen and oxygen atoms in total. The third-order valence-electron chi connectivity index (χ3n) is 3.62. The molecule has 3 N–H and O–H groups in total. The van der Waals surface area contributed by atoms with Crippen molar-refractivity contribution >= 4 is 0 Å². The summed E-state index contributed by atoms with van der Waals surface area (Å²) in [5.74, 6) is 6.69. The molecule has 2 rings (SSSR count). The van der Waals surface area contributed by atoms with Crippen LogP contribution < -0.4 is 16.0 Å². The number of aryl methyl sites for hydroxylation is 2. The largest absolute Gasteiger partial charge is 0.491 e. The van der Waals surface area contributed by atoms with Gasteiger partial charge in [-0.3, -0.25) is 5.84 Å². The molecule has 0 radical (unpaired) electrons. The summed E-state index contributed by atoms with van der Waals surface area (Å²) in [4.78, 5) is 0. The monoisotopic (exact) mass is 284 g/mol. The highest BCUT2D eigenvalue weighted by atomic mass is 16.5.